The molecule has 0 aromatic heterocycles. The van der Waals surface area contributed by atoms with Crippen LogP contribution in [-0.2, 0) is 21.2 Å². The lowest BCUT2D eigenvalue weighted by Gasteiger charge is -2.22. The van der Waals surface area contributed by atoms with Crippen LogP contribution < -0.4 is 0 Å². The molecule has 0 radical (unpaired) electrons. The number of carbonyl (C=O) groups excluding carboxylic acids is 1. The zero-order valence-electron chi connectivity index (χ0n) is 16.6. The molecule has 0 saturated carbocycles. The largest absolute Gasteiger partial charge is 0.340 e. The quantitative estimate of drug-likeness (QED) is 0.748. The summed E-state index contributed by atoms with van der Waals surface area (Å²) in [5.41, 5.74) is 3.80. The molecule has 1 heterocycles. The van der Waals surface area contributed by atoms with E-state index in [1.807, 2.05) is 0 Å². The number of hydrogen-bond donors (Lipinski definition) is 0. The smallest absolute Gasteiger partial charge is 0.223 e. The molecule has 5 nitrogen and oxygen atoms in total. The molecular weight excluding hydrogens is 372 g/mol. The van der Waals surface area contributed by atoms with E-state index in [1.54, 1.807) is 35.2 Å². The molecule has 1 fully saturated rings. The first-order chi connectivity index (χ1) is 13.3. The lowest BCUT2D eigenvalue weighted by molar-refractivity contribution is -0.130. The van der Waals surface area contributed by atoms with Crippen molar-refractivity contribution in [2.45, 2.75) is 31.7 Å². The van der Waals surface area contributed by atoms with Crippen molar-refractivity contribution >= 4 is 15.7 Å². The standard InChI is InChI=1S/C22H28N2O3S/c1-18-8-9-20(16-19(18)2)17-23-11-10-22(25)24(13-12-23)14-15-28(26,27)21-6-4-3-5-7-21/h3-9,16H,10-15,17H2,1-2H3. The van der Waals surface area contributed by atoms with Gasteiger partial charge in [-0.05, 0) is 42.7 Å². The molecule has 28 heavy (non-hydrogen) atoms. The lowest BCUT2D eigenvalue weighted by atomic mass is 10.1. The van der Waals surface area contributed by atoms with Crippen molar-refractivity contribution < 1.29 is 13.2 Å². The van der Waals surface area contributed by atoms with Gasteiger partial charge >= 0.3 is 0 Å². The number of benzene rings is 2. The van der Waals surface area contributed by atoms with Gasteiger partial charge in [0.2, 0.25) is 5.91 Å². The van der Waals surface area contributed by atoms with Crippen LogP contribution in [0, 0.1) is 13.8 Å². The summed E-state index contributed by atoms with van der Waals surface area (Å²) < 4.78 is 25.0. The highest BCUT2D eigenvalue weighted by Crippen LogP contribution is 2.15. The second kappa shape index (κ2) is 8.88. The lowest BCUT2D eigenvalue weighted by Crippen LogP contribution is -2.36. The summed E-state index contributed by atoms with van der Waals surface area (Å²) >= 11 is 0. The van der Waals surface area contributed by atoms with Crippen molar-refractivity contribution in [1.82, 2.24) is 9.80 Å². The molecule has 0 bridgehead atoms. The van der Waals surface area contributed by atoms with E-state index >= 15 is 0 Å². The first-order valence-corrected chi connectivity index (χ1v) is 11.3. The SMILES string of the molecule is Cc1ccc(CN2CCC(=O)N(CCS(=O)(=O)c3ccccc3)CC2)cc1C. The molecule has 1 amide bonds. The normalized spacial score (nSPS) is 16.2. The van der Waals surface area contributed by atoms with E-state index in [-0.39, 0.29) is 18.2 Å². The summed E-state index contributed by atoms with van der Waals surface area (Å²) in [6, 6.07) is 14.9. The number of carbonyl (C=O) groups is 1. The molecule has 6 heteroatoms. The van der Waals surface area contributed by atoms with E-state index < -0.39 is 9.84 Å². The molecule has 1 saturated heterocycles. The molecule has 0 spiro atoms. The van der Waals surface area contributed by atoms with Crippen LogP contribution >= 0.6 is 0 Å². The average molecular weight is 401 g/mol. The summed E-state index contributed by atoms with van der Waals surface area (Å²) in [7, 11) is -3.37. The number of hydrogen-bond acceptors (Lipinski definition) is 4. The minimum atomic E-state index is -3.37. The van der Waals surface area contributed by atoms with Gasteiger partial charge in [0.25, 0.3) is 0 Å². The number of rotatable bonds is 6. The van der Waals surface area contributed by atoms with Gasteiger partial charge in [0.1, 0.15) is 0 Å². The van der Waals surface area contributed by atoms with E-state index in [0.29, 0.717) is 24.4 Å². The third-order valence-corrected chi connectivity index (χ3v) is 7.10. The van der Waals surface area contributed by atoms with Crippen LogP contribution in [0.5, 0.6) is 0 Å². The van der Waals surface area contributed by atoms with Crippen LogP contribution in [0.4, 0.5) is 0 Å². The Labute approximate surface area is 167 Å². The van der Waals surface area contributed by atoms with Crippen LogP contribution in [0.3, 0.4) is 0 Å². The Morgan fingerprint density at radius 2 is 1.68 bits per heavy atom. The summed E-state index contributed by atoms with van der Waals surface area (Å²) in [5.74, 6) is -0.00856. The number of aryl methyl sites for hydroxylation is 2. The van der Waals surface area contributed by atoms with Gasteiger partial charge in [-0.1, -0.05) is 36.4 Å². The molecule has 3 rings (SSSR count). The molecule has 0 aliphatic carbocycles. The van der Waals surface area contributed by atoms with Gasteiger partial charge in [-0.3, -0.25) is 9.69 Å². The van der Waals surface area contributed by atoms with E-state index in [1.165, 1.54) is 16.7 Å². The van der Waals surface area contributed by atoms with Crippen LogP contribution in [0.15, 0.2) is 53.4 Å². The van der Waals surface area contributed by atoms with Crippen LogP contribution in [0.1, 0.15) is 23.1 Å². The van der Waals surface area contributed by atoms with E-state index in [9.17, 15) is 13.2 Å². The Kier molecular flexibility index (Phi) is 6.52. The van der Waals surface area contributed by atoms with Gasteiger partial charge in [0, 0.05) is 39.1 Å². The summed E-state index contributed by atoms with van der Waals surface area (Å²) in [6.45, 7) is 7.29. The highest BCUT2D eigenvalue weighted by molar-refractivity contribution is 7.91. The second-order valence-electron chi connectivity index (χ2n) is 7.46. The Balaban J connectivity index is 1.58. The first kappa shape index (κ1) is 20.6. The van der Waals surface area contributed by atoms with Gasteiger partial charge in [0.15, 0.2) is 9.84 Å². The topological polar surface area (TPSA) is 57.7 Å². The average Bonchev–Trinajstić information content (AvgIpc) is 2.85. The second-order valence-corrected chi connectivity index (χ2v) is 9.57. The fraction of sp³-hybridized carbons (Fsp3) is 0.409. The molecule has 2 aromatic rings. The Morgan fingerprint density at radius 3 is 2.39 bits per heavy atom. The maximum Gasteiger partial charge on any atom is 0.223 e. The van der Waals surface area contributed by atoms with E-state index in [4.69, 9.17) is 0 Å². The summed E-state index contributed by atoms with van der Waals surface area (Å²) in [5, 5.41) is 0. The summed E-state index contributed by atoms with van der Waals surface area (Å²) in [4.78, 5) is 16.7. The van der Waals surface area contributed by atoms with Crippen molar-refractivity contribution in [3.05, 3.63) is 65.2 Å². The van der Waals surface area contributed by atoms with Crippen LogP contribution in [-0.4, -0.2) is 56.1 Å². The molecule has 1 aliphatic heterocycles. The zero-order chi connectivity index (χ0) is 20.1. The van der Waals surface area contributed by atoms with Gasteiger partial charge in [-0.25, -0.2) is 8.42 Å². The van der Waals surface area contributed by atoms with Crippen molar-refractivity contribution in [2.75, 3.05) is 31.9 Å². The predicted molar refractivity (Wildman–Crippen MR) is 111 cm³/mol. The Bertz CT molecular complexity index is 926. The third kappa shape index (κ3) is 5.20. The third-order valence-electron chi connectivity index (χ3n) is 5.39. The van der Waals surface area contributed by atoms with Crippen LogP contribution in [0.25, 0.3) is 0 Å². The van der Waals surface area contributed by atoms with E-state index in [0.717, 1.165) is 13.1 Å². The van der Waals surface area contributed by atoms with Gasteiger partial charge in [-0.15, -0.1) is 0 Å². The number of nitrogens with zero attached hydrogens (tertiary/aromatic N) is 2. The minimum absolute atomic E-state index is 0.0332. The summed E-state index contributed by atoms with van der Waals surface area (Å²) in [6.07, 6.45) is 0.427. The van der Waals surface area contributed by atoms with Crippen molar-refractivity contribution in [2.24, 2.45) is 0 Å². The van der Waals surface area contributed by atoms with Crippen LogP contribution in [0.2, 0.25) is 0 Å². The fourth-order valence-electron chi connectivity index (χ4n) is 3.44. The molecular formula is C22H28N2O3S. The number of sulfone groups is 1. The fourth-order valence-corrected chi connectivity index (χ4v) is 4.71. The zero-order valence-corrected chi connectivity index (χ0v) is 17.4. The molecule has 0 unspecified atom stereocenters. The van der Waals surface area contributed by atoms with Crippen molar-refractivity contribution in [1.29, 1.82) is 0 Å². The maximum absolute atomic E-state index is 12.5. The van der Waals surface area contributed by atoms with Gasteiger partial charge < -0.3 is 4.90 Å². The first-order valence-electron chi connectivity index (χ1n) is 9.69. The highest BCUT2D eigenvalue weighted by atomic mass is 32.2. The van der Waals surface area contributed by atoms with Crippen molar-refractivity contribution in [3.8, 4) is 0 Å². The molecule has 0 atom stereocenters. The monoisotopic (exact) mass is 400 g/mol. The van der Waals surface area contributed by atoms with E-state index in [2.05, 4.69) is 36.9 Å². The minimum Gasteiger partial charge on any atom is -0.340 e. The molecule has 2 aromatic carbocycles. The van der Waals surface area contributed by atoms with Gasteiger partial charge in [0.05, 0.1) is 10.6 Å². The van der Waals surface area contributed by atoms with Gasteiger partial charge in [-0.2, -0.15) is 0 Å². The molecule has 1 aliphatic rings. The van der Waals surface area contributed by atoms with Crippen molar-refractivity contribution in [3.63, 3.8) is 0 Å². The Hall–Kier alpha value is -2.18. The highest BCUT2D eigenvalue weighted by Gasteiger charge is 2.23. The molecule has 0 N–H and O–H groups in total. The maximum atomic E-state index is 12.5. The predicted octanol–water partition coefficient (Wildman–Crippen LogP) is 2.81. The number of amides is 1. The molecule has 150 valence electrons. The Morgan fingerprint density at radius 1 is 0.929 bits per heavy atom.